The van der Waals surface area contributed by atoms with Crippen molar-refractivity contribution in [3.63, 3.8) is 0 Å². The molecule has 0 aromatic heterocycles. The number of hydrogen-bond donors (Lipinski definition) is 1. The third kappa shape index (κ3) is 2.86. The van der Waals surface area contributed by atoms with E-state index in [0.29, 0.717) is 5.92 Å². The van der Waals surface area contributed by atoms with Crippen LogP contribution >= 0.6 is 0 Å². The van der Waals surface area contributed by atoms with Gasteiger partial charge in [0.15, 0.2) is 0 Å². The summed E-state index contributed by atoms with van der Waals surface area (Å²) >= 11 is 0. The minimum atomic E-state index is -0.382. The molecule has 2 heteroatoms. The Morgan fingerprint density at radius 1 is 1.11 bits per heavy atom. The van der Waals surface area contributed by atoms with E-state index in [9.17, 15) is 0 Å². The summed E-state index contributed by atoms with van der Waals surface area (Å²) in [4.78, 5) is 0. The van der Waals surface area contributed by atoms with Gasteiger partial charge in [-0.15, -0.1) is 0 Å². The molecule has 1 atom stereocenters. The first-order valence-corrected chi connectivity index (χ1v) is 6.58. The lowest BCUT2D eigenvalue weighted by molar-refractivity contribution is 0.325. The standard InChI is InChI=1S/C16H27NO/c1-11(2)16(6,17)13-10-12(15(3,4)5)8-9-14(13)18-7/h8-11H,17H2,1-7H3. The minimum absolute atomic E-state index is 0.119. The molecule has 0 radical (unpaired) electrons. The molecule has 0 fully saturated rings. The van der Waals surface area contributed by atoms with Crippen LogP contribution in [0.3, 0.4) is 0 Å². The summed E-state index contributed by atoms with van der Waals surface area (Å²) in [5.41, 5.74) is 8.60. The van der Waals surface area contributed by atoms with E-state index >= 15 is 0 Å². The van der Waals surface area contributed by atoms with Gasteiger partial charge in [0, 0.05) is 11.1 Å². The van der Waals surface area contributed by atoms with Crippen molar-refractivity contribution in [1.82, 2.24) is 0 Å². The van der Waals surface area contributed by atoms with Crippen LogP contribution < -0.4 is 10.5 Å². The molecule has 2 N–H and O–H groups in total. The Kier molecular flexibility index (Phi) is 4.12. The fourth-order valence-electron chi connectivity index (χ4n) is 1.91. The van der Waals surface area contributed by atoms with Gasteiger partial charge in [-0.3, -0.25) is 0 Å². The first kappa shape index (κ1) is 15.0. The highest BCUT2D eigenvalue weighted by atomic mass is 16.5. The van der Waals surface area contributed by atoms with E-state index in [1.54, 1.807) is 7.11 Å². The number of nitrogens with two attached hydrogens (primary N) is 1. The zero-order valence-electron chi connectivity index (χ0n) is 12.8. The molecule has 2 nitrogen and oxygen atoms in total. The maximum atomic E-state index is 6.49. The zero-order valence-corrected chi connectivity index (χ0v) is 12.8. The summed E-state index contributed by atoms with van der Waals surface area (Å²) in [6, 6.07) is 6.35. The van der Waals surface area contributed by atoms with E-state index in [-0.39, 0.29) is 11.0 Å². The normalized spacial score (nSPS) is 15.6. The summed E-state index contributed by atoms with van der Waals surface area (Å²) < 4.78 is 5.47. The Labute approximate surface area is 112 Å². The van der Waals surface area contributed by atoms with Gasteiger partial charge in [0.2, 0.25) is 0 Å². The molecule has 1 aromatic carbocycles. The Balaban J connectivity index is 3.40. The lowest BCUT2D eigenvalue weighted by atomic mass is 9.78. The summed E-state index contributed by atoms with van der Waals surface area (Å²) in [7, 11) is 1.70. The van der Waals surface area contributed by atoms with Crippen molar-refractivity contribution in [3.8, 4) is 5.75 Å². The van der Waals surface area contributed by atoms with Gasteiger partial charge in [0.05, 0.1) is 7.11 Å². The first-order valence-electron chi connectivity index (χ1n) is 6.58. The smallest absolute Gasteiger partial charge is 0.123 e. The molecular weight excluding hydrogens is 222 g/mol. The highest BCUT2D eigenvalue weighted by molar-refractivity contribution is 5.43. The topological polar surface area (TPSA) is 35.2 Å². The van der Waals surface area contributed by atoms with Crippen molar-refractivity contribution in [2.45, 2.75) is 52.5 Å². The van der Waals surface area contributed by atoms with Gasteiger partial charge in [0.25, 0.3) is 0 Å². The van der Waals surface area contributed by atoms with Crippen LogP contribution in [0.25, 0.3) is 0 Å². The van der Waals surface area contributed by atoms with Crippen molar-refractivity contribution in [1.29, 1.82) is 0 Å². The van der Waals surface area contributed by atoms with E-state index in [4.69, 9.17) is 10.5 Å². The van der Waals surface area contributed by atoms with Crippen LogP contribution in [-0.4, -0.2) is 7.11 Å². The second-order valence-corrected chi connectivity index (χ2v) is 6.60. The Hall–Kier alpha value is -1.02. The third-order valence-corrected chi connectivity index (χ3v) is 3.85. The molecule has 0 amide bonds. The van der Waals surface area contributed by atoms with Crippen LogP contribution in [-0.2, 0) is 11.0 Å². The molecule has 0 heterocycles. The van der Waals surface area contributed by atoms with Gasteiger partial charge >= 0.3 is 0 Å². The third-order valence-electron chi connectivity index (χ3n) is 3.85. The van der Waals surface area contributed by atoms with Crippen LogP contribution in [0.1, 0.15) is 52.7 Å². The second kappa shape index (κ2) is 4.93. The molecule has 102 valence electrons. The molecule has 18 heavy (non-hydrogen) atoms. The quantitative estimate of drug-likeness (QED) is 0.883. The molecule has 0 bridgehead atoms. The second-order valence-electron chi connectivity index (χ2n) is 6.60. The highest BCUT2D eigenvalue weighted by Crippen LogP contribution is 2.36. The lowest BCUT2D eigenvalue weighted by Crippen LogP contribution is -2.39. The van der Waals surface area contributed by atoms with Crippen LogP contribution in [0, 0.1) is 5.92 Å². The van der Waals surface area contributed by atoms with Crippen molar-refractivity contribution >= 4 is 0 Å². The van der Waals surface area contributed by atoms with Crippen molar-refractivity contribution in [2.24, 2.45) is 11.7 Å². The molecule has 1 rings (SSSR count). The van der Waals surface area contributed by atoms with Gasteiger partial charge in [-0.05, 0) is 36.0 Å². The molecule has 0 saturated heterocycles. The molecule has 0 aliphatic rings. The fourth-order valence-corrected chi connectivity index (χ4v) is 1.91. The number of ether oxygens (including phenoxy) is 1. The van der Waals surface area contributed by atoms with E-state index in [1.165, 1.54) is 5.56 Å². The molecular formula is C16H27NO. The maximum Gasteiger partial charge on any atom is 0.123 e. The van der Waals surface area contributed by atoms with Crippen LogP contribution in [0.15, 0.2) is 18.2 Å². The molecule has 1 unspecified atom stereocenters. The molecule has 0 aliphatic heterocycles. The average Bonchev–Trinajstić information content (AvgIpc) is 2.26. The summed E-state index contributed by atoms with van der Waals surface area (Å²) in [5.74, 6) is 1.23. The number of benzene rings is 1. The fraction of sp³-hybridized carbons (Fsp3) is 0.625. The maximum absolute atomic E-state index is 6.49. The number of methoxy groups -OCH3 is 1. The lowest BCUT2D eigenvalue weighted by Gasteiger charge is -2.33. The van der Waals surface area contributed by atoms with Crippen molar-refractivity contribution < 1.29 is 4.74 Å². The largest absolute Gasteiger partial charge is 0.496 e. The van der Waals surface area contributed by atoms with E-state index in [1.807, 2.05) is 6.07 Å². The monoisotopic (exact) mass is 249 g/mol. The van der Waals surface area contributed by atoms with Crippen LogP contribution in [0.2, 0.25) is 0 Å². The van der Waals surface area contributed by atoms with E-state index in [2.05, 4.69) is 53.7 Å². The first-order chi connectivity index (χ1) is 8.10. The zero-order chi connectivity index (χ0) is 14.1. The number of hydrogen-bond acceptors (Lipinski definition) is 2. The summed E-state index contributed by atoms with van der Waals surface area (Å²) in [6.45, 7) is 13.0. The molecule has 0 aliphatic carbocycles. The SMILES string of the molecule is COc1ccc(C(C)(C)C)cc1C(C)(N)C(C)C. The van der Waals surface area contributed by atoms with Crippen molar-refractivity contribution in [2.75, 3.05) is 7.11 Å². The van der Waals surface area contributed by atoms with E-state index < -0.39 is 0 Å². The number of rotatable bonds is 3. The van der Waals surface area contributed by atoms with Gasteiger partial charge in [-0.2, -0.15) is 0 Å². The van der Waals surface area contributed by atoms with E-state index in [0.717, 1.165) is 11.3 Å². The van der Waals surface area contributed by atoms with Crippen molar-refractivity contribution in [3.05, 3.63) is 29.3 Å². The summed E-state index contributed by atoms with van der Waals surface area (Å²) in [6.07, 6.45) is 0. The van der Waals surface area contributed by atoms with Gasteiger partial charge in [-0.1, -0.05) is 40.7 Å². The Morgan fingerprint density at radius 3 is 2.06 bits per heavy atom. The Morgan fingerprint density at radius 2 is 1.67 bits per heavy atom. The molecule has 0 spiro atoms. The highest BCUT2D eigenvalue weighted by Gasteiger charge is 2.30. The molecule has 1 aromatic rings. The van der Waals surface area contributed by atoms with Gasteiger partial charge in [-0.25, -0.2) is 0 Å². The summed E-state index contributed by atoms with van der Waals surface area (Å²) in [5, 5.41) is 0. The molecule has 0 saturated carbocycles. The predicted octanol–water partition coefficient (Wildman–Crippen LogP) is 3.82. The predicted molar refractivity (Wildman–Crippen MR) is 78.1 cm³/mol. The van der Waals surface area contributed by atoms with Crippen LogP contribution in [0.4, 0.5) is 0 Å². The van der Waals surface area contributed by atoms with Crippen LogP contribution in [0.5, 0.6) is 5.75 Å². The Bertz CT molecular complexity index is 414. The average molecular weight is 249 g/mol. The van der Waals surface area contributed by atoms with Gasteiger partial charge in [0.1, 0.15) is 5.75 Å². The minimum Gasteiger partial charge on any atom is -0.496 e. The van der Waals surface area contributed by atoms with Gasteiger partial charge < -0.3 is 10.5 Å².